The molecule has 0 bridgehead atoms. The van der Waals surface area contributed by atoms with Gasteiger partial charge in [0.2, 0.25) is 5.91 Å². The second kappa shape index (κ2) is 7.61. The van der Waals surface area contributed by atoms with E-state index in [9.17, 15) is 14.4 Å². The van der Waals surface area contributed by atoms with Crippen LogP contribution in [-0.4, -0.2) is 52.1 Å². The highest BCUT2D eigenvalue weighted by molar-refractivity contribution is 5.88. The predicted molar refractivity (Wildman–Crippen MR) is 59.4 cm³/mol. The van der Waals surface area contributed by atoms with Gasteiger partial charge in [-0.2, -0.15) is 0 Å². The molecule has 0 aromatic heterocycles. The van der Waals surface area contributed by atoms with Crippen molar-refractivity contribution in [1.29, 1.82) is 0 Å². The molecule has 17 heavy (non-hydrogen) atoms. The van der Waals surface area contributed by atoms with Gasteiger partial charge in [-0.3, -0.25) is 14.4 Å². The van der Waals surface area contributed by atoms with E-state index in [0.29, 0.717) is 6.42 Å². The number of carboxylic acids is 2. The molecule has 4 N–H and O–H groups in total. The van der Waals surface area contributed by atoms with Crippen molar-refractivity contribution in [2.45, 2.75) is 32.2 Å². The summed E-state index contributed by atoms with van der Waals surface area (Å²) in [4.78, 5) is 33.4. The van der Waals surface area contributed by atoms with E-state index in [-0.39, 0.29) is 0 Å². The zero-order chi connectivity index (χ0) is 13.4. The largest absolute Gasteiger partial charge is 0.480 e. The number of hydrogen-bond acceptors (Lipinski definition) is 4. The second-order valence-electron chi connectivity index (χ2n) is 3.73. The number of carbonyl (C=O) groups excluding carboxylic acids is 1. The molecule has 0 aliphatic carbocycles. The zero-order valence-electron chi connectivity index (χ0n) is 9.76. The fourth-order valence-electron chi connectivity index (χ4n) is 1.32. The van der Waals surface area contributed by atoms with Crippen LogP contribution >= 0.6 is 0 Å². The molecule has 0 spiro atoms. The number of rotatable bonds is 8. The Morgan fingerprint density at radius 1 is 1.18 bits per heavy atom. The van der Waals surface area contributed by atoms with Crippen molar-refractivity contribution in [2.75, 3.05) is 13.1 Å². The van der Waals surface area contributed by atoms with Gasteiger partial charge in [0, 0.05) is 0 Å². The SMILES string of the molecule is CCCC[C@H](N)C(=O)N(CC(=O)O)CC(=O)O. The van der Waals surface area contributed by atoms with Crippen molar-refractivity contribution >= 4 is 17.8 Å². The summed E-state index contributed by atoms with van der Waals surface area (Å²) in [6.45, 7) is 0.638. The molecule has 0 radical (unpaired) electrons. The average molecular weight is 246 g/mol. The highest BCUT2D eigenvalue weighted by Crippen LogP contribution is 2.02. The summed E-state index contributed by atoms with van der Waals surface area (Å²) in [7, 11) is 0. The highest BCUT2D eigenvalue weighted by Gasteiger charge is 2.24. The Bertz CT molecular complexity index is 276. The van der Waals surface area contributed by atoms with E-state index in [1.54, 1.807) is 0 Å². The zero-order valence-corrected chi connectivity index (χ0v) is 9.76. The fourth-order valence-corrected chi connectivity index (χ4v) is 1.32. The maximum absolute atomic E-state index is 11.7. The van der Waals surface area contributed by atoms with Crippen molar-refractivity contribution in [3.05, 3.63) is 0 Å². The Morgan fingerprint density at radius 3 is 2.00 bits per heavy atom. The van der Waals surface area contributed by atoms with Crippen LogP contribution < -0.4 is 5.73 Å². The number of nitrogens with zero attached hydrogens (tertiary/aromatic N) is 1. The molecule has 0 saturated heterocycles. The summed E-state index contributed by atoms with van der Waals surface area (Å²) in [5, 5.41) is 17.2. The number of aliphatic carboxylic acids is 2. The Labute approximate surface area is 99.2 Å². The van der Waals surface area contributed by atoms with Gasteiger partial charge in [-0.1, -0.05) is 19.8 Å². The van der Waals surface area contributed by atoms with E-state index in [1.165, 1.54) is 0 Å². The predicted octanol–water partition coefficient (Wildman–Crippen LogP) is -0.498. The molecule has 0 aliphatic heterocycles. The van der Waals surface area contributed by atoms with Crippen LogP contribution in [0.4, 0.5) is 0 Å². The van der Waals surface area contributed by atoms with E-state index in [0.717, 1.165) is 17.7 Å². The highest BCUT2D eigenvalue weighted by atomic mass is 16.4. The van der Waals surface area contributed by atoms with E-state index < -0.39 is 37.0 Å². The molecule has 0 saturated carbocycles. The first-order chi connectivity index (χ1) is 7.88. The van der Waals surface area contributed by atoms with Crippen LogP contribution in [0.5, 0.6) is 0 Å². The van der Waals surface area contributed by atoms with Crippen molar-refractivity contribution in [1.82, 2.24) is 4.90 Å². The molecule has 0 aromatic carbocycles. The van der Waals surface area contributed by atoms with Crippen molar-refractivity contribution < 1.29 is 24.6 Å². The Morgan fingerprint density at radius 2 is 1.65 bits per heavy atom. The third-order valence-electron chi connectivity index (χ3n) is 2.15. The first-order valence-electron chi connectivity index (χ1n) is 5.36. The Kier molecular flexibility index (Phi) is 6.88. The van der Waals surface area contributed by atoms with Gasteiger partial charge in [0.15, 0.2) is 0 Å². The lowest BCUT2D eigenvalue weighted by Gasteiger charge is -2.22. The molecular formula is C10H18N2O5. The number of unbranched alkanes of at least 4 members (excludes halogenated alkanes) is 1. The van der Waals surface area contributed by atoms with Crippen LogP contribution in [0.1, 0.15) is 26.2 Å². The van der Waals surface area contributed by atoms with Gasteiger partial charge in [-0.25, -0.2) is 0 Å². The van der Waals surface area contributed by atoms with E-state index in [4.69, 9.17) is 15.9 Å². The van der Waals surface area contributed by atoms with E-state index >= 15 is 0 Å². The minimum atomic E-state index is -1.26. The summed E-state index contributed by atoms with van der Waals surface area (Å²) in [6, 6.07) is -0.839. The third-order valence-corrected chi connectivity index (χ3v) is 2.15. The van der Waals surface area contributed by atoms with Gasteiger partial charge in [-0.15, -0.1) is 0 Å². The summed E-state index contributed by atoms with van der Waals surface area (Å²) in [5.41, 5.74) is 5.58. The molecular weight excluding hydrogens is 228 g/mol. The van der Waals surface area contributed by atoms with Gasteiger partial charge < -0.3 is 20.8 Å². The van der Waals surface area contributed by atoms with Crippen molar-refractivity contribution in [3.63, 3.8) is 0 Å². The molecule has 1 atom stereocenters. The lowest BCUT2D eigenvalue weighted by Crippen LogP contribution is -2.47. The van der Waals surface area contributed by atoms with Crippen LogP contribution in [0.15, 0.2) is 0 Å². The topological polar surface area (TPSA) is 121 Å². The minimum Gasteiger partial charge on any atom is -0.480 e. The Balaban J connectivity index is 4.49. The second-order valence-corrected chi connectivity index (χ2v) is 3.73. The van der Waals surface area contributed by atoms with Crippen LogP contribution in [0.25, 0.3) is 0 Å². The minimum absolute atomic E-state index is 0.422. The van der Waals surface area contributed by atoms with Gasteiger partial charge in [0.25, 0.3) is 0 Å². The van der Waals surface area contributed by atoms with E-state index in [1.807, 2.05) is 6.92 Å². The summed E-state index contributed by atoms with van der Waals surface area (Å²) in [5.74, 6) is -3.16. The first kappa shape index (κ1) is 15.4. The lowest BCUT2D eigenvalue weighted by atomic mass is 10.1. The number of amides is 1. The standard InChI is InChI=1S/C10H18N2O5/c1-2-3-4-7(11)10(17)12(5-8(13)14)6-9(15)16/h7H,2-6,11H2,1H3,(H,13,14)(H,15,16)/t7-/m0/s1. The molecule has 1 amide bonds. The van der Waals surface area contributed by atoms with Gasteiger partial charge in [-0.05, 0) is 6.42 Å². The van der Waals surface area contributed by atoms with Crippen LogP contribution in [0.2, 0.25) is 0 Å². The molecule has 0 heterocycles. The number of nitrogens with two attached hydrogens (primary N) is 1. The molecule has 0 fully saturated rings. The number of carboxylic acid groups (broad SMARTS) is 2. The number of hydrogen-bond donors (Lipinski definition) is 3. The summed E-state index contributed by atoms with van der Waals surface area (Å²) >= 11 is 0. The maximum Gasteiger partial charge on any atom is 0.323 e. The van der Waals surface area contributed by atoms with Crippen molar-refractivity contribution in [2.24, 2.45) is 5.73 Å². The molecule has 7 heteroatoms. The quantitative estimate of drug-likeness (QED) is 0.531. The molecule has 0 rings (SSSR count). The van der Waals surface area contributed by atoms with Crippen LogP contribution in [0, 0.1) is 0 Å². The third kappa shape index (κ3) is 6.52. The molecule has 7 nitrogen and oxygen atoms in total. The molecule has 0 aliphatic rings. The number of carbonyl (C=O) groups is 3. The maximum atomic E-state index is 11.7. The Hall–Kier alpha value is -1.63. The summed E-state index contributed by atoms with van der Waals surface area (Å²) in [6.07, 6.45) is 2.02. The van der Waals surface area contributed by atoms with E-state index in [2.05, 4.69) is 0 Å². The van der Waals surface area contributed by atoms with Gasteiger partial charge in [0.05, 0.1) is 6.04 Å². The normalized spacial score (nSPS) is 11.9. The van der Waals surface area contributed by atoms with Gasteiger partial charge >= 0.3 is 11.9 Å². The molecule has 0 aromatic rings. The monoisotopic (exact) mass is 246 g/mol. The molecule has 0 unspecified atom stereocenters. The first-order valence-corrected chi connectivity index (χ1v) is 5.36. The summed E-state index contributed by atoms with van der Waals surface area (Å²) < 4.78 is 0. The lowest BCUT2D eigenvalue weighted by molar-refractivity contribution is -0.149. The smallest absolute Gasteiger partial charge is 0.323 e. The molecule has 98 valence electrons. The van der Waals surface area contributed by atoms with Crippen LogP contribution in [0.3, 0.4) is 0 Å². The van der Waals surface area contributed by atoms with Crippen molar-refractivity contribution in [3.8, 4) is 0 Å². The fraction of sp³-hybridized carbons (Fsp3) is 0.700. The van der Waals surface area contributed by atoms with Crippen LogP contribution in [-0.2, 0) is 14.4 Å². The average Bonchev–Trinajstić information content (AvgIpc) is 2.22. The van der Waals surface area contributed by atoms with Gasteiger partial charge in [0.1, 0.15) is 13.1 Å².